The van der Waals surface area contributed by atoms with Gasteiger partial charge >= 0.3 is 0 Å². The molecule has 5 heteroatoms. The Bertz CT molecular complexity index is 3880. The van der Waals surface area contributed by atoms with Crippen LogP contribution >= 0.6 is 0 Å². The number of pyridine rings is 1. The van der Waals surface area contributed by atoms with Crippen molar-refractivity contribution in [2.45, 2.75) is 146 Å². The number of para-hydroxylation sites is 1. The topological polar surface area (TPSA) is 50.9 Å². The van der Waals surface area contributed by atoms with E-state index in [4.69, 9.17) is 20.9 Å². The Morgan fingerprint density at radius 2 is 1.08 bits per heavy atom. The molecule has 0 fully saturated rings. The molecular weight excluding hydrogens is 1110 g/mol. The van der Waals surface area contributed by atoms with Crippen LogP contribution in [0.15, 0.2) is 146 Å². The van der Waals surface area contributed by atoms with E-state index < -0.39 is 36.3 Å². The molecule has 76 heavy (non-hydrogen) atoms. The molecule has 9 aromatic rings. The average Bonchev–Trinajstić information content (AvgIpc) is 2.53. The molecule has 0 saturated heterocycles. The minimum Gasteiger partial charge on any atom is -0.507 e. The van der Waals surface area contributed by atoms with E-state index in [-0.39, 0.29) is 65.5 Å². The molecule has 2 aromatic heterocycles. The first-order chi connectivity index (χ1) is 38.3. The van der Waals surface area contributed by atoms with Crippen LogP contribution in [0.1, 0.15) is 154 Å². The van der Waals surface area contributed by atoms with Crippen molar-refractivity contribution in [1.82, 2.24) is 14.5 Å². The molecule has 394 valence electrons. The van der Waals surface area contributed by atoms with Crippen molar-refractivity contribution < 1.29 is 37.1 Å². The van der Waals surface area contributed by atoms with Gasteiger partial charge in [0.15, 0.2) is 0 Å². The number of rotatable bonds is 8. The van der Waals surface area contributed by atoms with Gasteiger partial charge in [-0.05, 0) is 121 Å². The Morgan fingerprint density at radius 1 is 0.526 bits per heavy atom. The zero-order valence-corrected chi connectivity index (χ0v) is 49.2. The molecule has 9 rings (SSSR count). The molecule has 0 spiro atoms. The molecule has 0 radical (unpaired) electrons. The van der Waals surface area contributed by atoms with E-state index >= 15 is 0 Å². The predicted octanol–water partition coefficient (Wildman–Crippen LogP) is 19.3. The largest absolute Gasteiger partial charge is 0.507 e. The summed E-state index contributed by atoms with van der Waals surface area (Å²) in [6.45, 7) is 25.8. The molecule has 2 heterocycles. The number of fused-ring (bicyclic) bond motifs is 1. The fourth-order valence-electron chi connectivity index (χ4n) is 9.92. The van der Waals surface area contributed by atoms with E-state index in [0.29, 0.717) is 33.7 Å². The first-order valence-electron chi connectivity index (χ1n) is 30.2. The van der Waals surface area contributed by atoms with E-state index in [1.807, 2.05) is 30.3 Å². The molecule has 7 aromatic carbocycles. The van der Waals surface area contributed by atoms with Crippen LogP contribution in [-0.4, -0.2) is 19.6 Å². The van der Waals surface area contributed by atoms with Crippen molar-refractivity contribution >= 4 is 11.0 Å². The number of aromatic hydroxyl groups is 1. The maximum Gasteiger partial charge on any atom is 0.148 e. The van der Waals surface area contributed by atoms with Crippen LogP contribution in [0.2, 0.25) is 0 Å². The third kappa shape index (κ3) is 11.4. The van der Waals surface area contributed by atoms with Crippen molar-refractivity contribution in [3.8, 4) is 78.6 Å². The van der Waals surface area contributed by atoms with Crippen LogP contribution in [0, 0.1) is 25.2 Å². The van der Waals surface area contributed by atoms with Crippen molar-refractivity contribution in [1.29, 1.82) is 0 Å². The van der Waals surface area contributed by atoms with E-state index in [1.54, 1.807) is 32.9 Å². The second kappa shape index (κ2) is 20.5. The van der Waals surface area contributed by atoms with Gasteiger partial charge in [0.25, 0.3) is 0 Å². The maximum atomic E-state index is 12.9. The Balaban J connectivity index is 0.00000920. The fraction of sp³-hybridized carbons (Fsp3) is 0.324. The Hall–Kier alpha value is -6.35. The first-order valence-corrected chi connectivity index (χ1v) is 26.2. The zero-order valence-electron chi connectivity index (χ0n) is 55.0. The second-order valence-corrected chi connectivity index (χ2v) is 25.5. The standard InChI is InChI=1S/C71H78N3O.Pt/c1-44-33-46(42-67(3,4)5)31-32-54(44)56-41-61(72-43-45(56)2)50-34-49(35-51(36-50)68(6,7)8)55-29-24-30-62-63(55)73-66(59-39-53(70(12,13)14)40-60(65(59)75)71(15,16)17)74(62)64-57(47-25-20-18-21-26-47)37-52(69(9,10)11)38-58(64)48-27-22-19-23-28-48;/h18-33,35-41,43,75H,42H2,1-17H3;/q-1;/i1D3,2D3,42D2;. The van der Waals surface area contributed by atoms with Gasteiger partial charge in [-0.2, -0.15) is 0 Å². The Labute approximate surface area is 480 Å². The number of phenolic OH excluding ortho intramolecular Hbond substituents is 1. The molecule has 0 aliphatic rings. The van der Waals surface area contributed by atoms with Gasteiger partial charge in [-0.25, -0.2) is 4.98 Å². The monoisotopic (exact) mass is 1190 g/mol. The van der Waals surface area contributed by atoms with Crippen LogP contribution in [0.4, 0.5) is 0 Å². The van der Waals surface area contributed by atoms with Crippen LogP contribution < -0.4 is 0 Å². The zero-order chi connectivity index (χ0) is 60.9. The third-order valence-electron chi connectivity index (χ3n) is 14.1. The van der Waals surface area contributed by atoms with Crippen LogP contribution in [0.5, 0.6) is 5.75 Å². The van der Waals surface area contributed by atoms with Crippen molar-refractivity contribution in [3.63, 3.8) is 0 Å². The number of hydrogen-bond acceptors (Lipinski definition) is 3. The summed E-state index contributed by atoms with van der Waals surface area (Å²) in [5.74, 6) is 0.692. The van der Waals surface area contributed by atoms with Crippen LogP contribution in [0.25, 0.3) is 83.9 Å². The Kier molecular flexibility index (Phi) is 12.4. The number of hydrogen-bond donors (Lipinski definition) is 1. The first kappa shape index (κ1) is 45.8. The molecule has 0 aliphatic heterocycles. The molecule has 0 bridgehead atoms. The van der Waals surface area contributed by atoms with E-state index in [1.165, 1.54) is 18.3 Å². The maximum absolute atomic E-state index is 12.9. The van der Waals surface area contributed by atoms with Gasteiger partial charge in [-0.3, -0.25) is 9.55 Å². The number of phenols is 1. The number of aromatic nitrogens is 3. The summed E-state index contributed by atoms with van der Waals surface area (Å²) >= 11 is 0. The summed E-state index contributed by atoms with van der Waals surface area (Å²) in [4.78, 5) is 10.6. The van der Waals surface area contributed by atoms with Crippen molar-refractivity contribution in [2.24, 2.45) is 5.41 Å². The van der Waals surface area contributed by atoms with Gasteiger partial charge in [0, 0.05) is 60.6 Å². The van der Waals surface area contributed by atoms with Gasteiger partial charge in [0.05, 0.1) is 22.3 Å². The van der Waals surface area contributed by atoms with Gasteiger partial charge in [-0.15, -0.1) is 29.3 Å². The third-order valence-corrected chi connectivity index (χ3v) is 14.1. The summed E-state index contributed by atoms with van der Waals surface area (Å²) < 4.78 is 72.6. The number of benzene rings is 7. The molecule has 0 atom stereocenters. The molecule has 0 saturated carbocycles. The van der Waals surface area contributed by atoms with E-state index in [9.17, 15) is 5.11 Å². The van der Waals surface area contributed by atoms with Gasteiger partial charge in [0.1, 0.15) is 11.6 Å². The van der Waals surface area contributed by atoms with Crippen molar-refractivity contribution in [2.75, 3.05) is 0 Å². The molecule has 4 nitrogen and oxygen atoms in total. The van der Waals surface area contributed by atoms with E-state index in [2.05, 4.69) is 179 Å². The number of imidazole rings is 1. The fourth-order valence-corrected chi connectivity index (χ4v) is 9.92. The molecule has 0 unspecified atom stereocenters. The summed E-state index contributed by atoms with van der Waals surface area (Å²) in [5, 5.41) is 12.9. The van der Waals surface area contributed by atoms with Crippen LogP contribution in [-0.2, 0) is 49.1 Å². The quantitative estimate of drug-likeness (QED) is 0.154. The number of aryl methyl sites for hydroxylation is 2. The summed E-state index contributed by atoms with van der Waals surface area (Å²) in [7, 11) is 0. The SMILES string of the molecule is [2H]C([2H])([2H])c1cnc(-c2[c-]c(-c3cccc4c3nc(-c3cc(C(C)(C)C)cc(C(C)(C)C)c3O)n4-c3c(-c4ccccc4)cc(C(C)(C)C)cc3-c3ccccc3)cc(C(C)(C)C)c2)cc1-c1ccc(C([2H])([2H])C(C)(C)C)cc1C([2H])([2H])[2H].[Pt]. The minimum atomic E-state index is -2.74. The predicted molar refractivity (Wildman–Crippen MR) is 319 cm³/mol. The average molecular weight is 1190 g/mol. The van der Waals surface area contributed by atoms with E-state index in [0.717, 1.165) is 61.3 Å². The Morgan fingerprint density at radius 3 is 1.63 bits per heavy atom. The van der Waals surface area contributed by atoms with Crippen LogP contribution in [0.3, 0.4) is 0 Å². The molecular formula is C71H78N3OPt-. The van der Waals surface area contributed by atoms with Gasteiger partial charge in [0.2, 0.25) is 0 Å². The molecule has 0 aliphatic carbocycles. The van der Waals surface area contributed by atoms with Gasteiger partial charge in [-0.1, -0.05) is 218 Å². The van der Waals surface area contributed by atoms with Gasteiger partial charge < -0.3 is 5.11 Å². The van der Waals surface area contributed by atoms with Crippen molar-refractivity contribution in [3.05, 3.63) is 191 Å². The summed E-state index contributed by atoms with van der Waals surface area (Å²) in [6, 6.07) is 49.8. The smallest absolute Gasteiger partial charge is 0.148 e. The summed E-state index contributed by atoms with van der Waals surface area (Å²) in [6.07, 6.45) is -0.615. The summed E-state index contributed by atoms with van der Waals surface area (Å²) in [5.41, 5.74) is 11.0. The molecule has 1 N–H and O–H groups in total. The normalized spacial score (nSPS) is 14.6. The second-order valence-electron chi connectivity index (χ2n) is 25.5. The number of nitrogens with zero attached hydrogens (tertiary/aromatic N) is 3. The minimum absolute atomic E-state index is 0. The molecule has 0 amide bonds.